The Bertz CT molecular complexity index is 166. The summed E-state index contributed by atoms with van der Waals surface area (Å²) in [5, 5.41) is 2.48. The van der Waals surface area contributed by atoms with Crippen LogP contribution < -0.4 is 5.32 Å². The molecule has 0 heterocycles. The summed E-state index contributed by atoms with van der Waals surface area (Å²) < 4.78 is 0. The van der Waals surface area contributed by atoms with Crippen molar-refractivity contribution in [2.24, 2.45) is 0 Å². The Kier molecular flexibility index (Phi) is 5.28. The molecule has 0 aliphatic carbocycles. The molecule has 0 saturated carbocycles. The van der Waals surface area contributed by atoms with E-state index >= 15 is 0 Å². The summed E-state index contributed by atoms with van der Waals surface area (Å²) in [6.07, 6.45) is 0.334. The molecule has 0 aromatic carbocycles. The zero-order valence-electron chi connectivity index (χ0n) is 7.04. The van der Waals surface area contributed by atoms with Crippen molar-refractivity contribution >= 4 is 11.7 Å². The summed E-state index contributed by atoms with van der Waals surface area (Å²) in [5.41, 5.74) is 0. The Morgan fingerprint density at radius 1 is 1.42 bits per heavy atom. The largest absolute Gasteiger partial charge is 0.355 e. The van der Waals surface area contributed by atoms with Crippen molar-refractivity contribution in [3.05, 3.63) is 14.1 Å². The molecule has 0 aliphatic heterocycles. The number of carbonyl (C=O) groups excluding carboxylic acids is 2. The maximum Gasteiger partial charge on any atom is 0.234 e. The molecule has 12 heavy (non-hydrogen) atoms. The van der Waals surface area contributed by atoms with Crippen molar-refractivity contribution < 1.29 is 9.59 Å². The van der Waals surface area contributed by atoms with Crippen LogP contribution in [0.3, 0.4) is 0 Å². The predicted molar refractivity (Wildman–Crippen MR) is 43.6 cm³/mol. The summed E-state index contributed by atoms with van der Waals surface area (Å²) in [7, 11) is 10.0. The minimum Gasteiger partial charge on any atom is -0.355 e. The van der Waals surface area contributed by atoms with E-state index in [9.17, 15) is 9.59 Å². The fraction of sp³-hybridized carbons (Fsp3) is 0.500. The molecule has 0 bridgehead atoms. The highest BCUT2D eigenvalue weighted by molar-refractivity contribution is 5.79. The maximum atomic E-state index is 10.8. The first-order valence-corrected chi connectivity index (χ1v) is 3.55. The number of amides is 1. The maximum absolute atomic E-state index is 10.8. The Labute approximate surface area is 72.9 Å². The molecule has 4 heteroatoms. The van der Waals surface area contributed by atoms with Gasteiger partial charge >= 0.3 is 0 Å². The molecule has 0 aromatic rings. The lowest BCUT2D eigenvalue weighted by Gasteiger charge is -2.07. The molecule has 0 aromatic heterocycles. The van der Waals surface area contributed by atoms with Gasteiger partial charge in [-0.2, -0.15) is 0 Å². The molecular formula is C8H12N2O2. The third-order valence-corrected chi connectivity index (χ3v) is 1.13. The van der Waals surface area contributed by atoms with Gasteiger partial charge in [-0.1, -0.05) is 0 Å². The molecule has 0 spiro atoms. The van der Waals surface area contributed by atoms with E-state index < -0.39 is 0 Å². The topological polar surface area (TPSA) is 49.4 Å². The Hall–Kier alpha value is -0.900. The first kappa shape index (κ1) is 11.1. The van der Waals surface area contributed by atoms with Gasteiger partial charge in [0.05, 0.1) is 6.54 Å². The summed E-state index contributed by atoms with van der Waals surface area (Å²) in [6, 6.07) is 0. The number of hydrogen-bond acceptors (Lipinski definition) is 3. The van der Waals surface area contributed by atoms with Crippen LogP contribution in [0.2, 0.25) is 0 Å². The number of carbonyl (C=O) groups is 2. The van der Waals surface area contributed by atoms with E-state index in [0.717, 1.165) is 4.90 Å². The smallest absolute Gasteiger partial charge is 0.234 e. The molecule has 0 fully saturated rings. The lowest BCUT2D eigenvalue weighted by Crippen LogP contribution is -2.32. The lowest BCUT2D eigenvalue weighted by molar-refractivity contribution is -0.121. The van der Waals surface area contributed by atoms with E-state index in [1.165, 1.54) is 6.92 Å². The van der Waals surface area contributed by atoms with E-state index in [2.05, 4.69) is 5.32 Å². The van der Waals surface area contributed by atoms with Gasteiger partial charge in [-0.05, 0) is 6.92 Å². The molecule has 4 radical (unpaired) electrons. The van der Waals surface area contributed by atoms with Crippen molar-refractivity contribution in [2.75, 3.05) is 13.1 Å². The molecule has 1 amide bonds. The van der Waals surface area contributed by atoms with Gasteiger partial charge in [-0.15, -0.1) is 0 Å². The van der Waals surface area contributed by atoms with Gasteiger partial charge in [0.2, 0.25) is 5.91 Å². The Balaban J connectivity index is 3.38. The van der Waals surface area contributed by atoms with Gasteiger partial charge in [0.1, 0.15) is 5.78 Å². The standard InChI is InChI=1S/C8H12N2O2/c1-7(11)4-5-9-8(12)6-10(2)3/h2-3H,4-6H2,1H3,(H,9,12). The molecule has 1 N–H and O–H groups in total. The molecule has 66 valence electrons. The van der Waals surface area contributed by atoms with Crippen molar-refractivity contribution in [3.8, 4) is 0 Å². The quantitative estimate of drug-likeness (QED) is 0.574. The monoisotopic (exact) mass is 168 g/mol. The van der Waals surface area contributed by atoms with Crippen molar-refractivity contribution in [1.29, 1.82) is 0 Å². The summed E-state index contributed by atoms with van der Waals surface area (Å²) in [4.78, 5) is 22.0. The van der Waals surface area contributed by atoms with Crippen LogP contribution in [-0.4, -0.2) is 29.7 Å². The van der Waals surface area contributed by atoms with Gasteiger partial charge in [-0.25, -0.2) is 0 Å². The van der Waals surface area contributed by atoms with Gasteiger partial charge in [0.15, 0.2) is 0 Å². The number of rotatable bonds is 5. The second-order valence-corrected chi connectivity index (χ2v) is 2.47. The first-order valence-electron chi connectivity index (χ1n) is 3.55. The van der Waals surface area contributed by atoms with Crippen molar-refractivity contribution in [3.63, 3.8) is 0 Å². The van der Waals surface area contributed by atoms with Crippen LogP contribution in [0.25, 0.3) is 0 Å². The molecular weight excluding hydrogens is 156 g/mol. The Morgan fingerprint density at radius 2 is 2.00 bits per heavy atom. The van der Waals surface area contributed by atoms with Crippen LogP contribution in [0.4, 0.5) is 0 Å². The van der Waals surface area contributed by atoms with Crippen LogP contribution in [-0.2, 0) is 9.59 Å². The fourth-order valence-corrected chi connectivity index (χ4v) is 0.600. The van der Waals surface area contributed by atoms with Gasteiger partial charge in [0, 0.05) is 27.1 Å². The number of Topliss-reactive ketones (excluding diaryl/α,β-unsaturated/α-hetero) is 1. The zero-order chi connectivity index (χ0) is 9.56. The fourth-order valence-electron chi connectivity index (χ4n) is 0.600. The van der Waals surface area contributed by atoms with Gasteiger partial charge in [-0.3, -0.25) is 14.5 Å². The first-order chi connectivity index (χ1) is 5.52. The van der Waals surface area contributed by atoms with Crippen LogP contribution in [0.15, 0.2) is 0 Å². The highest BCUT2D eigenvalue weighted by Gasteiger charge is 2.02. The number of nitrogens with one attached hydrogen (secondary N) is 1. The van der Waals surface area contributed by atoms with E-state index in [4.69, 9.17) is 14.1 Å². The van der Waals surface area contributed by atoms with Crippen molar-refractivity contribution in [2.45, 2.75) is 13.3 Å². The average Bonchev–Trinajstić information content (AvgIpc) is 1.84. The predicted octanol–water partition coefficient (Wildman–Crippen LogP) is -0.279. The van der Waals surface area contributed by atoms with Gasteiger partial charge in [0.25, 0.3) is 0 Å². The van der Waals surface area contributed by atoms with Crippen molar-refractivity contribution in [1.82, 2.24) is 10.2 Å². The summed E-state index contributed by atoms with van der Waals surface area (Å²) in [5.74, 6) is -0.256. The van der Waals surface area contributed by atoms with E-state index in [0.29, 0.717) is 13.0 Å². The molecule has 0 saturated heterocycles. The van der Waals surface area contributed by atoms with E-state index in [1.54, 1.807) is 0 Å². The van der Waals surface area contributed by atoms with E-state index in [-0.39, 0.29) is 18.2 Å². The number of nitrogens with zero attached hydrogens (tertiary/aromatic N) is 1. The third kappa shape index (κ3) is 7.21. The normalized spacial score (nSPS) is 10.0. The third-order valence-electron chi connectivity index (χ3n) is 1.13. The Morgan fingerprint density at radius 3 is 2.42 bits per heavy atom. The molecule has 0 rings (SSSR count). The lowest BCUT2D eigenvalue weighted by atomic mass is 10.3. The number of hydrogen-bond donors (Lipinski definition) is 1. The SMILES string of the molecule is [CH]N([CH])CC(=O)NCCC(C)=O. The highest BCUT2D eigenvalue weighted by Crippen LogP contribution is 1.81. The highest BCUT2D eigenvalue weighted by atomic mass is 16.2. The minimum atomic E-state index is -0.291. The molecule has 0 aliphatic rings. The van der Waals surface area contributed by atoms with Crippen LogP contribution in [0.1, 0.15) is 13.3 Å². The van der Waals surface area contributed by atoms with Crippen LogP contribution in [0, 0.1) is 14.1 Å². The summed E-state index contributed by atoms with van der Waals surface area (Å²) in [6.45, 7) is 1.73. The number of ketones is 1. The second kappa shape index (κ2) is 5.71. The molecule has 0 unspecified atom stereocenters. The average molecular weight is 168 g/mol. The van der Waals surface area contributed by atoms with Crippen LogP contribution >= 0.6 is 0 Å². The zero-order valence-corrected chi connectivity index (χ0v) is 7.04. The summed E-state index contributed by atoms with van der Waals surface area (Å²) >= 11 is 0. The molecule has 0 atom stereocenters. The van der Waals surface area contributed by atoms with Crippen LogP contribution in [0.5, 0.6) is 0 Å². The second-order valence-electron chi connectivity index (χ2n) is 2.47. The van der Waals surface area contributed by atoms with E-state index in [1.807, 2.05) is 0 Å². The molecule has 4 nitrogen and oxygen atoms in total. The minimum absolute atomic E-state index is 0.0349. The van der Waals surface area contributed by atoms with Gasteiger partial charge < -0.3 is 5.32 Å².